The van der Waals surface area contributed by atoms with Gasteiger partial charge in [-0.15, -0.1) is 0 Å². The van der Waals surface area contributed by atoms with Crippen LogP contribution in [-0.2, 0) is 15.6 Å². The number of aromatic amines is 1. The minimum absolute atomic E-state index is 0.00946. The second-order valence-corrected chi connectivity index (χ2v) is 22.4. The largest absolute Gasteiger partial charge is 0.455 e. The topological polar surface area (TPSA) is 176 Å². The van der Waals surface area contributed by atoms with Crippen LogP contribution in [0.25, 0.3) is 11.0 Å². The van der Waals surface area contributed by atoms with Gasteiger partial charge in [-0.2, -0.15) is 0 Å². The van der Waals surface area contributed by atoms with Crippen LogP contribution in [0, 0.1) is 32.8 Å². The standard InChI is InChI=1S/C50H60N8O6S/c1-32(2)40-7-5-6-8-42(40)50-26-35(50)14-20-57(50)37-27-49(28-37)17-21-56(22-18-49)36-9-10-41(44(24-36)64-38-23-34-13-19-51-45(34)53-30-38)47(59)55-65(62,63)39-25-43(58(60)61)46(54-31-39)52-29-33-11-15-48(3,4)16-12-33/h5-10,13,19,23-25,30-33,35,37H,11-12,14-18,20-22,26-29H2,1-4H3,(H,51,53)(H,52,54)(H,55,59). The summed E-state index contributed by atoms with van der Waals surface area (Å²) in [6, 6.07) is 19.5. The van der Waals surface area contributed by atoms with E-state index in [9.17, 15) is 23.3 Å². The van der Waals surface area contributed by atoms with Crippen LogP contribution in [0.15, 0.2) is 84.1 Å². The average molecular weight is 901 g/mol. The first-order valence-corrected chi connectivity index (χ1v) is 24.9. The summed E-state index contributed by atoms with van der Waals surface area (Å²) in [4.78, 5) is 41.9. The lowest BCUT2D eigenvalue weighted by atomic mass is 9.59. The molecule has 10 rings (SSSR count). The predicted octanol–water partition coefficient (Wildman–Crippen LogP) is 9.90. The number of hydrogen-bond donors (Lipinski definition) is 3. The molecule has 1 amide bonds. The highest BCUT2D eigenvalue weighted by atomic mass is 32.2. The summed E-state index contributed by atoms with van der Waals surface area (Å²) in [6.07, 6.45) is 15.6. The number of ether oxygens (including phenoxy) is 1. The van der Waals surface area contributed by atoms with E-state index in [0.29, 0.717) is 41.2 Å². The summed E-state index contributed by atoms with van der Waals surface area (Å²) in [5, 5.41) is 16.1. The van der Waals surface area contributed by atoms with E-state index < -0.39 is 31.4 Å². The number of piperidine rings is 2. The second-order valence-electron chi connectivity index (χ2n) is 20.7. The third-order valence-electron chi connectivity index (χ3n) is 15.7. The molecular formula is C50H60N8O6S. The number of likely N-dealkylation sites (tertiary alicyclic amines) is 1. The number of benzene rings is 2. The normalized spacial score (nSPS) is 23.0. The van der Waals surface area contributed by atoms with Gasteiger partial charge in [0.2, 0.25) is 5.82 Å². The minimum Gasteiger partial charge on any atom is -0.455 e. The zero-order chi connectivity index (χ0) is 45.3. The number of nitro groups is 1. The van der Waals surface area contributed by atoms with Crippen LogP contribution in [0.3, 0.4) is 0 Å². The van der Waals surface area contributed by atoms with E-state index in [2.05, 4.69) is 86.8 Å². The van der Waals surface area contributed by atoms with Crippen LogP contribution >= 0.6 is 0 Å². The fraction of sp³-hybridized carbons (Fsp3) is 0.500. The van der Waals surface area contributed by atoms with Gasteiger partial charge in [0.25, 0.3) is 15.9 Å². The van der Waals surface area contributed by atoms with Crippen molar-refractivity contribution in [3.8, 4) is 11.5 Å². The Hall–Kier alpha value is -5.54. The van der Waals surface area contributed by atoms with Gasteiger partial charge < -0.3 is 19.9 Å². The van der Waals surface area contributed by atoms with E-state index in [0.717, 1.165) is 80.9 Å². The molecule has 3 aromatic heterocycles. The highest BCUT2D eigenvalue weighted by Crippen LogP contribution is 2.67. The Morgan fingerprint density at radius 2 is 1.72 bits per heavy atom. The Morgan fingerprint density at radius 1 is 0.954 bits per heavy atom. The number of carbonyl (C=O) groups excluding carboxylic acids is 1. The fourth-order valence-electron chi connectivity index (χ4n) is 11.8. The fourth-order valence-corrected chi connectivity index (χ4v) is 12.7. The second kappa shape index (κ2) is 16.4. The number of H-pyrrole nitrogens is 1. The summed E-state index contributed by atoms with van der Waals surface area (Å²) in [5.74, 6) is 1.17. The van der Waals surface area contributed by atoms with E-state index in [4.69, 9.17) is 4.74 Å². The van der Waals surface area contributed by atoms with Gasteiger partial charge in [-0.25, -0.2) is 23.1 Å². The molecule has 14 nitrogen and oxygen atoms in total. The highest BCUT2D eigenvalue weighted by Gasteiger charge is 2.66. The van der Waals surface area contributed by atoms with E-state index in [1.807, 2.05) is 12.1 Å². The highest BCUT2D eigenvalue weighted by molar-refractivity contribution is 7.90. The number of rotatable bonds is 13. The summed E-state index contributed by atoms with van der Waals surface area (Å²) in [5.41, 5.74) is 4.89. The number of nitrogens with one attached hydrogen (secondary N) is 3. The van der Waals surface area contributed by atoms with Gasteiger partial charge in [0.1, 0.15) is 22.0 Å². The SMILES string of the molecule is CC(C)c1ccccc1C12CC1CCN2C1CC2(CCN(c3ccc(C(=O)NS(=O)(=O)c4cnc(NCC5CCC(C)(C)CC5)c([N+](=O)[O-])c4)c(Oc4cnc5[nH]ccc5c4)c3)CC2)C1. The molecule has 5 aromatic rings. The van der Waals surface area contributed by atoms with Crippen LogP contribution in [0.5, 0.6) is 11.5 Å². The third-order valence-corrected chi connectivity index (χ3v) is 17.0. The molecule has 2 aromatic carbocycles. The molecule has 5 fully saturated rings. The number of fused-ring (bicyclic) bond motifs is 2. The van der Waals surface area contributed by atoms with Gasteiger partial charge in [-0.3, -0.25) is 19.8 Å². The third kappa shape index (κ3) is 8.23. The average Bonchev–Trinajstić information content (AvgIpc) is 3.60. The van der Waals surface area contributed by atoms with Crippen LogP contribution in [-0.4, -0.2) is 71.3 Å². The number of hydrogen-bond acceptors (Lipinski definition) is 11. The van der Waals surface area contributed by atoms with Gasteiger partial charge in [-0.05, 0) is 135 Å². The monoisotopic (exact) mass is 900 g/mol. The molecule has 3 saturated carbocycles. The van der Waals surface area contributed by atoms with Crippen molar-refractivity contribution in [1.82, 2.24) is 24.6 Å². The van der Waals surface area contributed by atoms with Crippen molar-refractivity contribution in [3.63, 3.8) is 0 Å². The van der Waals surface area contributed by atoms with Crippen molar-refractivity contribution in [2.24, 2.45) is 22.7 Å². The van der Waals surface area contributed by atoms with E-state index >= 15 is 0 Å². The van der Waals surface area contributed by atoms with Crippen LogP contribution in [0.2, 0.25) is 0 Å². The van der Waals surface area contributed by atoms with E-state index in [1.54, 1.807) is 36.2 Å². The van der Waals surface area contributed by atoms with Crippen LogP contribution in [0.1, 0.15) is 119 Å². The number of anilines is 2. The molecule has 1 spiro atoms. The molecular weight excluding hydrogens is 841 g/mol. The molecule has 15 heteroatoms. The predicted molar refractivity (Wildman–Crippen MR) is 251 cm³/mol. The number of aromatic nitrogens is 3. The molecule has 342 valence electrons. The molecule has 2 aliphatic heterocycles. The molecule has 5 aliphatic rings. The van der Waals surface area contributed by atoms with E-state index in [-0.39, 0.29) is 28.1 Å². The maximum Gasteiger partial charge on any atom is 0.312 e. The molecule has 0 radical (unpaired) electrons. The lowest BCUT2D eigenvalue weighted by molar-refractivity contribution is -0.384. The molecule has 3 aliphatic carbocycles. The summed E-state index contributed by atoms with van der Waals surface area (Å²) < 4.78 is 36.0. The summed E-state index contributed by atoms with van der Waals surface area (Å²) >= 11 is 0. The number of pyridine rings is 2. The van der Waals surface area contributed by atoms with Gasteiger partial charge in [0.15, 0.2) is 0 Å². The van der Waals surface area contributed by atoms with Crippen LogP contribution < -0.4 is 19.7 Å². The van der Waals surface area contributed by atoms with Crippen molar-refractivity contribution < 1.29 is 22.9 Å². The zero-order valence-electron chi connectivity index (χ0n) is 37.8. The minimum atomic E-state index is -4.60. The van der Waals surface area contributed by atoms with Gasteiger partial charge in [-0.1, -0.05) is 52.0 Å². The summed E-state index contributed by atoms with van der Waals surface area (Å²) in [7, 11) is -4.60. The van der Waals surface area contributed by atoms with E-state index in [1.165, 1.54) is 37.8 Å². The molecule has 65 heavy (non-hydrogen) atoms. The quantitative estimate of drug-likeness (QED) is 0.0758. The molecule has 2 atom stereocenters. The first-order valence-electron chi connectivity index (χ1n) is 23.4. The molecule has 2 saturated heterocycles. The Bertz CT molecular complexity index is 2750. The number of carbonyl (C=O) groups is 1. The Kier molecular flexibility index (Phi) is 10.9. The summed E-state index contributed by atoms with van der Waals surface area (Å²) in [6.45, 7) is 12.5. The number of nitrogens with zero attached hydrogens (tertiary/aromatic N) is 5. The molecule has 2 unspecified atom stereocenters. The maximum atomic E-state index is 14.0. The Morgan fingerprint density at radius 3 is 2.46 bits per heavy atom. The van der Waals surface area contributed by atoms with Crippen molar-refractivity contribution in [2.75, 3.05) is 36.4 Å². The van der Waals surface area contributed by atoms with Crippen molar-refractivity contribution in [1.29, 1.82) is 0 Å². The Balaban J connectivity index is 0.839. The van der Waals surface area contributed by atoms with Crippen molar-refractivity contribution in [3.05, 3.63) is 106 Å². The van der Waals surface area contributed by atoms with Gasteiger partial charge in [0, 0.05) is 60.6 Å². The number of amides is 1. The Labute approximate surface area is 381 Å². The van der Waals surface area contributed by atoms with Gasteiger partial charge >= 0.3 is 5.69 Å². The molecule has 0 bridgehead atoms. The maximum absolute atomic E-state index is 14.0. The van der Waals surface area contributed by atoms with Gasteiger partial charge in [0.05, 0.1) is 22.9 Å². The zero-order valence-corrected chi connectivity index (χ0v) is 38.6. The number of sulfonamides is 1. The lowest BCUT2D eigenvalue weighted by Crippen LogP contribution is -2.56. The van der Waals surface area contributed by atoms with Crippen molar-refractivity contribution in [2.45, 2.75) is 114 Å². The molecule has 5 heterocycles. The van der Waals surface area contributed by atoms with Crippen molar-refractivity contribution >= 4 is 44.2 Å². The lowest BCUT2D eigenvalue weighted by Gasteiger charge is -2.56. The molecule has 3 N–H and O–H groups in total. The first-order chi connectivity index (χ1) is 31.1. The van der Waals surface area contributed by atoms with Crippen LogP contribution in [0.4, 0.5) is 17.2 Å². The first kappa shape index (κ1) is 43.4. The smallest absolute Gasteiger partial charge is 0.312 e.